The Hall–Kier alpha value is -4.56. The van der Waals surface area contributed by atoms with E-state index in [2.05, 4.69) is 6.07 Å². The Labute approximate surface area is 253 Å². The Morgan fingerprint density at radius 1 is 0.837 bits per heavy atom. The maximum absolute atomic E-state index is 14.4. The van der Waals surface area contributed by atoms with Crippen LogP contribution in [-0.2, 0) is 29.0 Å². The van der Waals surface area contributed by atoms with Gasteiger partial charge in [0.2, 0.25) is 11.8 Å². The fraction of sp³-hybridized carbons (Fsp3) is 0.314. The molecule has 226 valence electrons. The molecule has 0 aliphatic carbocycles. The normalized spacial score (nSPS) is 13.2. The van der Waals surface area contributed by atoms with E-state index in [0.29, 0.717) is 19.3 Å². The van der Waals surface area contributed by atoms with Crippen molar-refractivity contribution in [2.75, 3.05) is 14.1 Å². The summed E-state index contributed by atoms with van der Waals surface area (Å²) in [5.41, 5.74) is 7.56. The van der Waals surface area contributed by atoms with E-state index in [0.717, 1.165) is 21.9 Å². The molecule has 43 heavy (non-hydrogen) atoms. The van der Waals surface area contributed by atoms with E-state index >= 15 is 0 Å². The fourth-order valence-corrected chi connectivity index (χ4v) is 5.18. The second-order valence-corrected chi connectivity index (χ2v) is 11.9. The Bertz CT molecular complexity index is 1550. The third-order valence-corrected chi connectivity index (χ3v) is 7.78. The average Bonchev–Trinajstić information content (AvgIpc) is 3.30. The highest BCUT2D eigenvalue weighted by Gasteiger charge is 2.33. The molecule has 8 heteroatoms. The lowest BCUT2D eigenvalue weighted by Gasteiger charge is -2.35. The number of aromatic nitrogens is 1. The first-order chi connectivity index (χ1) is 20.4. The number of nitrogens with zero attached hydrogens (tertiary/aromatic N) is 3. The molecule has 8 nitrogen and oxygen atoms in total. The first-order valence-corrected chi connectivity index (χ1v) is 14.5. The van der Waals surface area contributed by atoms with Crippen LogP contribution in [0.4, 0.5) is 0 Å². The summed E-state index contributed by atoms with van der Waals surface area (Å²) in [6, 6.07) is 25.4. The zero-order valence-corrected chi connectivity index (χ0v) is 25.4. The van der Waals surface area contributed by atoms with Gasteiger partial charge in [0.05, 0.1) is 6.04 Å². The first kappa shape index (κ1) is 31.4. The van der Waals surface area contributed by atoms with Gasteiger partial charge in [-0.25, -0.2) is 0 Å². The van der Waals surface area contributed by atoms with E-state index in [1.54, 1.807) is 25.1 Å². The quantitative estimate of drug-likeness (QED) is 0.206. The first-order valence-electron chi connectivity index (χ1n) is 14.5. The number of benzene rings is 3. The number of carbonyl (C=O) groups excluding carboxylic acids is 2. The van der Waals surface area contributed by atoms with Crippen LogP contribution in [0.25, 0.3) is 10.8 Å². The maximum Gasteiger partial charge on any atom is 0.246 e. The molecule has 0 unspecified atom stereocenters. The van der Waals surface area contributed by atoms with Crippen molar-refractivity contribution in [1.29, 1.82) is 0 Å². The molecule has 0 saturated carbocycles. The van der Waals surface area contributed by atoms with Crippen molar-refractivity contribution in [3.63, 3.8) is 0 Å². The molecule has 4 aromatic rings. The molecule has 0 aliphatic rings. The second kappa shape index (κ2) is 13.6. The van der Waals surface area contributed by atoms with E-state index in [1.807, 2.05) is 80.6 Å². The van der Waals surface area contributed by atoms with Crippen molar-refractivity contribution < 1.29 is 19.8 Å². The standard InChI is InChI=1S/C35H42N4O4/c1-35(2,36)20-10-15-31(40)38(4)30(23-26-16-17-27-13-8-9-14-28(27)21-26)34(43)37(3)29(22-25-11-6-5-7-12-25)24-39-32(41)18-19-33(39)42/h5-19,21,29-30,41-42H,20,22-24,36H2,1-4H3/t29-,30-/m1/s1. The summed E-state index contributed by atoms with van der Waals surface area (Å²) in [5.74, 6) is -0.727. The van der Waals surface area contributed by atoms with Crippen LogP contribution in [0, 0.1) is 0 Å². The fourth-order valence-electron chi connectivity index (χ4n) is 5.18. The van der Waals surface area contributed by atoms with Crippen LogP contribution in [0.5, 0.6) is 11.8 Å². The van der Waals surface area contributed by atoms with Gasteiger partial charge in [-0.3, -0.25) is 14.2 Å². The summed E-state index contributed by atoms with van der Waals surface area (Å²) in [5, 5.41) is 22.9. The number of nitrogens with two attached hydrogens (primary N) is 1. The van der Waals surface area contributed by atoms with Crippen molar-refractivity contribution in [3.8, 4) is 11.8 Å². The lowest BCUT2D eigenvalue weighted by Crippen LogP contribution is -2.53. The Balaban J connectivity index is 1.67. The summed E-state index contributed by atoms with van der Waals surface area (Å²) < 4.78 is 1.38. The number of rotatable bonds is 12. The predicted molar refractivity (Wildman–Crippen MR) is 171 cm³/mol. The minimum atomic E-state index is -0.806. The highest BCUT2D eigenvalue weighted by Crippen LogP contribution is 2.25. The smallest absolute Gasteiger partial charge is 0.246 e. The summed E-state index contributed by atoms with van der Waals surface area (Å²) in [4.78, 5) is 30.9. The van der Waals surface area contributed by atoms with E-state index in [4.69, 9.17) is 5.73 Å². The SMILES string of the molecule is CN(C(=O)[C@@H](Cc1ccc2ccccc2c1)N(C)C(=O)C=CCC(C)(C)N)[C@H](Cc1ccccc1)Cn1c(O)ccc1O. The molecule has 1 aromatic heterocycles. The minimum absolute atomic E-state index is 0.0932. The van der Waals surface area contributed by atoms with Gasteiger partial charge in [0, 0.05) is 44.7 Å². The molecule has 0 bridgehead atoms. The number of fused-ring (bicyclic) bond motifs is 1. The maximum atomic E-state index is 14.4. The monoisotopic (exact) mass is 582 g/mol. The molecule has 0 aliphatic heterocycles. The van der Waals surface area contributed by atoms with Gasteiger partial charge in [-0.1, -0.05) is 78.9 Å². The topological polar surface area (TPSA) is 112 Å². The third kappa shape index (κ3) is 8.26. The summed E-state index contributed by atoms with van der Waals surface area (Å²) in [6.45, 7) is 3.94. The van der Waals surface area contributed by atoms with Crippen molar-refractivity contribution >= 4 is 22.6 Å². The van der Waals surface area contributed by atoms with E-state index in [9.17, 15) is 19.8 Å². The largest absolute Gasteiger partial charge is 0.494 e. The van der Waals surface area contributed by atoms with Crippen molar-refractivity contribution in [2.24, 2.45) is 5.73 Å². The Kier molecular flexibility index (Phi) is 9.93. The summed E-state index contributed by atoms with van der Waals surface area (Å²) in [7, 11) is 3.36. The van der Waals surface area contributed by atoms with Gasteiger partial charge >= 0.3 is 0 Å². The highest BCUT2D eigenvalue weighted by atomic mass is 16.3. The molecule has 3 aromatic carbocycles. The van der Waals surface area contributed by atoms with E-state index in [-0.39, 0.29) is 30.1 Å². The minimum Gasteiger partial charge on any atom is -0.494 e. The summed E-state index contributed by atoms with van der Waals surface area (Å²) in [6.07, 6.45) is 4.53. The molecular formula is C35H42N4O4. The zero-order valence-electron chi connectivity index (χ0n) is 25.4. The number of hydrogen-bond donors (Lipinski definition) is 3. The summed E-state index contributed by atoms with van der Waals surface area (Å²) >= 11 is 0. The number of likely N-dealkylation sites (N-methyl/N-ethyl adjacent to an activating group) is 2. The van der Waals surface area contributed by atoms with Crippen LogP contribution >= 0.6 is 0 Å². The van der Waals surface area contributed by atoms with Crippen molar-refractivity contribution in [2.45, 2.75) is 57.3 Å². The highest BCUT2D eigenvalue weighted by molar-refractivity contribution is 5.93. The number of hydrogen-bond acceptors (Lipinski definition) is 5. The molecular weight excluding hydrogens is 540 g/mol. The molecule has 0 radical (unpaired) electrons. The Morgan fingerprint density at radius 3 is 2.12 bits per heavy atom. The van der Waals surface area contributed by atoms with Crippen LogP contribution in [0.2, 0.25) is 0 Å². The van der Waals surface area contributed by atoms with Gasteiger partial charge in [0.1, 0.15) is 6.04 Å². The lowest BCUT2D eigenvalue weighted by molar-refractivity contribution is -0.143. The number of amides is 2. The van der Waals surface area contributed by atoms with Crippen molar-refractivity contribution in [3.05, 3.63) is 108 Å². The zero-order chi connectivity index (χ0) is 31.1. The van der Waals surface area contributed by atoms with Gasteiger partial charge in [-0.2, -0.15) is 0 Å². The van der Waals surface area contributed by atoms with Gasteiger partial charge in [0.15, 0.2) is 11.8 Å². The molecule has 4 rings (SSSR count). The molecule has 4 N–H and O–H groups in total. The average molecular weight is 583 g/mol. The van der Waals surface area contributed by atoms with Gasteiger partial charge in [-0.15, -0.1) is 0 Å². The van der Waals surface area contributed by atoms with Crippen molar-refractivity contribution in [1.82, 2.24) is 14.4 Å². The van der Waals surface area contributed by atoms with Gasteiger partial charge in [0.25, 0.3) is 0 Å². The van der Waals surface area contributed by atoms with Gasteiger partial charge in [-0.05, 0) is 54.7 Å². The van der Waals surface area contributed by atoms with Gasteiger partial charge < -0.3 is 25.7 Å². The van der Waals surface area contributed by atoms with Crippen LogP contribution in [0.15, 0.2) is 97.1 Å². The molecule has 1 heterocycles. The lowest BCUT2D eigenvalue weighted by atomic mass is 9.98. The molecule has 0 saturated heterocycles. The molecule has 0 fully saturated rings. The van der Waals surface area contributed by atoms with Crippen LogP contribution in [0.1, 0.15) is 31.4 Å². The Morgan fingerprint density at radius 2 is 1.47 bits per heavy atom. The molecule has 2 atom stereocenters. The van der Waals surface area contributed by atoms with Crippen LogP contribution < -0.4 is 5.73 Å². The van der Waals surface area contributed by atoms with Crippen LogP contribution in [-0.4, -0.2) is 68.1 Å². The predicted octanol–water partition coefficient (Wildman–Crippen LogP) is 4.88. The van der Waals surface area contributed by atoms with E-state index < -0.39 is 17.6 Å². The second-order valence-electron chi connectivity index (χ2n) is 11.9. The van der Waals surface area contributed by atoms with Crippen LogP contribution in [0.3, 0.4) is 0 Å². The van der Waals surface area contributed by atoms with E-state index in [1.165, 1.54) is 27.7 Å². The third-order valence-electron chi connectivity index (χ3n) is 7.78. The number of carbonyl (C=O) groups is 2. The number of aromatic hydroxyl groups is 2. The molecule has 2 amide bonds. The molecule has 0 spiro atoms.